The zero-order valence-corrected chi connectivity index (χ0v) is 44.4. The van der Waals surface area contributed by atoms with Crippen molar-refractivity contribution in [2.45, 2.75) is 79.1 Å². The van der Waals surface area contributed by atoms with E-state index >= 15 is 0 Å². The molecule has 0 bridgehead atoms. The Morgan fingerprint density at radius 3 is 1.04 bits per heavy atom. The first-order chi connectivity index (χ1) is 34.3. The molecule has 0 fully saturated rings. The first-order valence-corrected chi connectivity index (χ1v) is 22.9. The van der Waals surface area contributed by atoms with Gasteiger partial charge >= 0.3 is 36.2 Å². The maximum atomic E-state index is 12.7. The Morgan fingerprint density at radius 1 is 0.405 bits per heavy atom. The Labute approximate surface area is 429 Å². The molecule has 6 rings (SSSR count). The molecule has 5 N–H and O–H groups in total. The van der Waals surface area contributed by atoms with Crippen LogP contribution in [0.3, 0.4) is 0 Å². The van der Waals surface area contributed by atoms with E-state index < -0.39 is 47.0 Å². The molecule has 21 heteroatoms. The zero-order valence-electron chi connectivity index (χ0n) is 44.4. The lowest BCUT2D eigenvalue weighted by Crippen LogP contribution is -2.27. The van der Waals surface area contributed by atoms with Gasteiger partial charge in [0.05, 0.1) is 25.6 Å². The van der Waals surface area contributed by atoms with E-state index in [1.165, 1.54) is 31.0 Å². The van der Waals surface area contributed by atoms with Crippen molar-refractivity contribution in [1.29, 1.82) is 0 Å². The average molecular weight is 1020 g/mol. The first-order valence-electron chi connectivity index (χ1n) is 22.9. The number of carbonyl (C=O) groups is 7. The molecule has 0 spiro atoms. The molecule has 0 radical (unpaired) electrons. The van der Waals surface area contributed by atoms with Gasteiger partial charge in [0, 0.05) is 75.5 Å². The second-order valence-corrected chi connectivity index (χ2v) is 19.7. The van der Waals surface area contributed by atoms with E-state index in [-0.39, 0.29) is 17.6 Å². The molecule has 0 saturated carbocycles. The summed E-state index contributed by atoms with van der Waals surface area (Å²) in [5.41, 5.74) is 5.29. The van der Waals surface area contributed by atoms with Crippen LogP contribution in [0.4, 0.5) is 37.1 Å². The molecule has 4 amide bonds. The minimum Gasteiger partial charge on any atom is -0.477 e. The maximum Gasteiger partial charge on any atom is 0.412 e. The van der Waals surface area contributed by atoms with Crippen molar-refractivity contribution in [2.75, 3.05) is 35.5 Å². The second-order valence-electron chi connectivity index (χ2n) is 19.7. The van der Waals surface area contributed by atoms with E-state index in [0.717, 1.165) is 22.3 Å². The quantitative estimate of drug-likeness (QED) is 0.0633. The molecule has 4 aromatic heterocycles. The summed E-state index contributed by atoms with van der Waals surface area (Å²) in [7, 11) is 9.56. The second kappa shape index (κ2) is 24.1. The number of nitrogens with one attached hydrogen (secondary N) is 4. The third-order valence-electron chi connectivity index (χ3n) is 9.89. The lowest BCUT2D eigenvalue weighted by Gasteiger charge is -2.19. The molecule has 0 aliphatic carbocycles. The SMILES string of the molecule is COC(=O)c1cc(-c2ccc(NC(=O)OC(C)(C)C)cc2)cn1C.COC(=O)c1cc(-c2ccc(NC(=O)c3cc(NC(=O)OC(C)(C)C)cn3C)cc2)cn1C.Cn1cc(NC(=O)OC(C)(C)C)cc1C(=O)O. The van der Waals surface area contributed by atoms with Crippen molar-refractivity contribution in [3.05, 3.63) is 120 Å². The number of esters is 2. The summed E-state index contributed by atoms with van der Waals surface area (Å²) in [5, 5.41) is 19.5. The van der Waals surface area contributed by atoms with Crippen molar-refractivity contribution >= 4 is 64.8 Å². The van der Waals surface area contributed by atoms with Gasteiger partial charge in [0.15, 0.2) is 0 Å². The number of carboxylic acids is 1. The number of methoxy groups -OCH3 is 2. The average Bonchev–Trinajstić information content (AvgIpc) is 4.06. The Balaban J connectivity index is 0.000000254. The number of ether oxygens (including phenoxy) is 5. The normalized spacial score (nSPS) is 11.1. The summed E-state index contributed by atoms with van der Waals surface area (Å²) in [6.45, 7) is 16.0. The number of hydrogen-bond acceptors (Lipinski definition) is 12. The highest BCUT2D eigenvalue weighted by atomic mass is 16.6. The third-order valence-corrected chi connectivity index (χ3v) is 9.89. The summed E-state index contributed by atoms with van der Waals surface area (Å²) in [6, 6.07) is 21.0. The van der Waals surface area contributed by atoms with Crippen molar-refractivity contribution in [1.82, 2.24) is 18.3 Å². The molecule has 21 nitrogen and oxygen atoms in total. The molecule has 0 saturated heterocycles. The van der Waals surface area contributed by atoms with E-state index in [1.807, 2.05) is 57.4 Å². The Hall–Kier alpha value is -8.75. The number of amides is 4. The third kappa shape index (κ3) is 17.5. The van der Waals surface area contributed by atoms with Crippen LogP contribution in [0.15, 0.2) is 97.6 Å². The summed E-state index contributed by atoms with van der Waals surface area (Å²) in [5.74, 6) is -2.16. The van der Waals surface area contributed by atoms with Crippen LogP contribution in [0.25, 0.3) is 22.3 Å². The van der Waals surface area contributed by atoms with Crippen LogP contribution >= 0.6 is 0 Å². The molecular formula is C53H66N8O13. The largest absolute Gasteiger partial charge is 0.477 e. The number of benzene rings is 2. The fourth-order valence-electron chi connectivity index (χ4n) is 6.72. The van der Waals surface area contributed by atoms with E-state index in [1.54, 1.807) is 132 Å². The summed E-state index contributed by atoms with van der Waals surface area (Å²) in [4.78, 5) is 82.2. The van der Waals surface area contributed by atoms with Gasteiger partial charge in [-0.05, 0) is 122 Å². The van der Waals surface area contributed by atoms with Crippen LogP contribution in [0, 0.1) is 0 Å². The van der Waals surface area contributed by atoms with Crippen LogP contribution < -0.4 is 21.3 Å². The number of carbonyl (C=O) groups excluding carboxylic acids is 6. The molecule has 0 unspecified atom stereocenters. The topological polar surface area (TPSA) is 254 Å². The number of aromatic nitrogens is 4. The molecule has 396 valence electrons. The van der Waals surface area contributed by atoms with Crippen LogP contribution in [-0.2, 0) is 51.9 Å². The predicted octanol–water partition coefficient (Wildman–Crippen LogP) is 10.3. The van der Waals surface area contributed by atoms with Gasteiger partial charge in [0.1, 0.15) is 39.6 Å². The van der Waals surface area contributed by atoms with Crippen LogP contribution in [0.1, 0.15) is 104 Å². The predicted molar refractivity (Wildman–Crippen MR) is 280 cm³/mol. The zero-order chi connectivity index (χ0) is 55.5. The molecule has 0 atom stereocenters. The highest BCUT2D eigenvalue weighted by Gasteiger charge is 2.21. The summed E-state index contributed by atoms with van der Waals surface area (Å²) >= 11 is 0. The molecule has 4 heterocycles. The molecule has 0 aliphatic heterocycles. The highest BCUT2D eigenvalue weighted by molar-refractivity contribution is 6.04. The number of aromatic carboxylic acids is 1. The Kier molecular flexibility index (Phi) is 18.8. The van der Waals surface area contributed by atoms with E-state index in [9.17, 15) is 33.6 Å². The maximum absolute atomic E-state index is 12.7. The monoisotopic (exact) mass is 1020 g/mol. The number of anilines is 4. The molecule has 6 aromatic rings. The van der Waals surface area contributed by atoms with Gasteiger partial charge in [0.2, 0.25) is 0 Å². The lowest BCUT2D eigenvalue weighted by molar-refractivity contribution is 0.0581. The van der Waals surface area contributed by atoms with Gasteiger partial charge in [-0.2, -0.15) is 0 Å². The van der Waals surface area contributed by atoms with E-state index in [4.69, 9.17) is 28.8 Å². The number of aryl methyl sites for hydroxylation is 4. The van der Waals surface area contributed by atoms with Crippen molar-refractivity contribution in [3.8, 4) is 22.3 Å². The van der Waals surface area contributed by atoms with Crippen LogP contribution in [-0.4, -0.2) is 96.5 Å². The van der Waals surface area contributed by atoms with E-state index in [0.29, 0.717) is 39.8 Å². The van der Waals surface area contributed by atoms with Crippen molar-refractivity contribution < 1.29 is 62.4 Å². The van der Waals surface area contributed by atoms with E-state index in [2.05, 4.69) is 21.3 Å². The van der Waals surface area contributed by atoms with Gasteiger partial charge in [0.25, 0.3) is 5.91 Å². The first kappa shape index (κ1) is 57.8. The molecule has 0 aliphatic rings. The number of nitrogens with zero attached hydrogens (tertiary/aromatic N) is 4. The standard InChI is InChI=1S/C24H28N4O5.C18H22N2O4.C11H16N2O4/c1-24(2,3)33-23(31)26-18-12-19(28(5)14-18)21(29)25-17-9-7-15(8-10-17)16-11-20(22(30)32-6)27(4)13-16;1-18(2,3)24-17(22)19-14-8-6-12(7-9-14)13-10-15(16(21)23-5)20(4)11-13;1-11(2,3)17-10(16)12-7-5-8(9(14)15)13(4)6-7/h7-14H,1-6H3,(H,25,29)(H,26,31);6-11H,1-5H3,(H,19,22);5-6H,1-4H3,(H,12,16)(H,14,15). The lowest BCUT2D eigenvalue weighted by atomic mass is 10.1. The fraction of sp³-hybridized carbons (Fsp3) is 0.340. The number of carboxylic acid groups (broad SMARTS) is 1. The summed E-state index contributed by atoms with van der Waals surface area (Å²) in [6.07, 6.45) is 5.13. The van der Waals surface area contributed by atoms with Gasteiger partial charge in [-0.25, -0.2) is 28.8 Å². The Morgan fingerprint density at radius 2 is 0.716 bits per heavy atom. The van der Waals surface area contributed by atoms with Crippen LogP contribution in [0.5, 0.6) is 0 Å². The number of rotatable bonds is 10. The van der Waals surface area contributed by atoms with Gasteiger partial charge < -0.3 is 52.4 Å². The fourth-order valence-corrected chi connectivity index (χ4v) is 6.72. The minimum atomic E-state index is -1.05. The smallest absolute Gasteiger partial charge is 0.412 e. The van der Waals surface area contributed by atoms with Gasteiger partial charge in [-0.1, -0.05) is 24.3 Å². The molecular weight excluding hydrogens is 957 g/mol. The minimum absolute atomic E-state index is 0.0936. The van der Waals surface area contributed by atoms with Crippen molar-refractivity contribution in [3.63, 3.8) is 0 Å². The van der Waals surface area contributed by atoms with Crippen molar-refractivity contribution in [2.24, 2.45) is 28.2 Å². The highest BCUT2D eigenvalue weighted by Crippen LogP contribution is 2.27. The molecule has 2 aromatic carbocycles. The Bertz CT molecular complexity index is 2970. The number of hydrogen-bond donors (Lipinski definition) is 5. The summed E-state index contributed by atoms with van der Waals surface area (Å²) < 4.78 is 31.5. The van der Waals surface area contributed by atoms with Gasteiger partial charge in [-0.15, -0.1) is 0 Å². The van der Waals surface area contributed by atoms with Gasteiger partial charge in [-0.3, -0.25) is 20.7 Å². The molecule has 74 heavy (non-hydrogen) atoms. The van der Waals surface area contributed by atoms with Crippen LogP contribution in [0.2, 0.25) is 0 Å².